The van der Waals surface area contributed by atoms with Crippen LogP contribution in [0.5, 0.6) is 0 Å². The second-order valence-corrected chi connectivity index (χ2v) is 3.92. The zero-order valence-corrected chi connectivity index (χ0v) is 9.16. The lowest BCUT2D eigenvalue weighted by molar-refractivity contribution is -0.123. The zero-order valence-electron chi connectivity index (χ0n) is 9.16. The van der Waals surface area contributed by atoms with E-state index in [-0.39, 0.29) is 17.9 Å². The van der Waals surface area contributed by atoms with Crippen molar-refractivity contribution in [3.63, 3.8) is 0 Å². The normalized spacial score (nSPS) is 21.1. The van der Waals surface area contributed by atoms with Gasteiger partial charge >= 0.3 is 6.03 Å². The maximum absolute atomic E-state index is 11.6. The van der Waals surface area contributed by atoms with Crippen LogP contribution in [-0.2, 0) is 4.79 Å². The average molecular weight is 213 g/mol. The molecule has 15 heavy (non-hydrogen) atoms. The topological polar surface area (TPSA) is 75.4 Å². The third-order valence-corrected chi connectivity index (χ3v) is 2.64. The molecule has 1 saturated heterocycles. The maximum Gasteiger partial charge on any atom is 0.317 e. The number of hydrogen-bond donors (Lipinski definition) is 2. The summed E-state index contributed by atoms with van der Waals surface area (Å²) in [6.45, 7) is 3.86. The van der Waals surface area contributed by atoms with E-state index >= 15 is 0 Å². The Balaban J connectivity index is 2.41. The standard InChI is InChI=1S/C10H19N3O2/c1-2-5-12-10(15)13-6-3-4-8(7-13)9(11)14/h8H,2-7H2,1H3,(H2,11,14)(H,12,15)/t8-/m0/s1. The summed E-state index contributed by atoms with van der Waals surface area (Å²) in [5.74, 6) is -0.478. The number of primary amides is 1. The summed E-state index contributed by atoms with van der Waals surface area (Å²) in [6, 6.07) is -0.0807. The number of nitrogens with zero attached hydrogens (tertiary/aromatic N) is 1. The zero-order chi connectivity index (χ0) is 11.3. The van der Waals surface area contributed by atoms with Gasteiger partial charge in [-0.15, -0.1) is 0 Å². The van der Waals surface area contributed by atoms with Gasteiger partial charge in [0.25, 0.3) is 0 Å². The third kappa shape index (κ3) is 3.42. The number of nitrogens with one attached hydrogen (secondary N) is 1. The molecule has 5 nitrogen and oxygen atoms in total. The predicted molar refractivity (Wildman–Crippen MR) is 57.2 cm³/mol. The molecule has 1 rings (SSSR count). The lowest BCUT2D eigenvalue weighted by Gasteiger charge is -2.31. The Morgan fingerprint density at radius 2 is 2.27 bits per heavy atom. The van der Waals surface area contributed by atoms with Crippen LogP contribution in [0.25, 0.3) is 0 Å². The minimum Gasteiger partial charge on any atom is -0.369 e. The molecule has 5 heteroatoms. The number of rotatable bonds is 3. The summed E-state index contributed by atoms with van der Waals surface area (Å²) in [7, 11) is 0. The van der Waals surface area contributed by atoms with Crippen molar-refractivity contribution in [1.82, 2.24) is 10.2 Å². The highest BCUT2D eigenvalue weighted by atomic mass is 16.2. The molecule has 0 aromatic heterocycles. The Kier molecular flexibility index (Phi) is 4.39. The molecular formula is C10H19N3O2. The second kappa shape index (κ2) is 5.58. The number of amides is 3. The van der Waals surface area contributed by atoms with Crippen molar-refractivity contribution in [2.75, 3.05) is 19.6 Å². The first-order valence-electron chi connectivity index (χ1n) is 5.47. The number of nitrogens with two attached hydrogens (primary N) is 1. The van der Waals surface area contributed by atoms with Crippen LogP contribution in [0.15, 0.2) is 0 Å². The van der Waals surface area contributed by atoms with Gasteiger partial charge in [0.05, 0.1) is 5.92 Å². The second-order valence-electron chi connectivity index (χ2n) is 3.92. The van der Waals surface area contributed by atoms with Crippen molar-refractivity contribution in [2.45, 2.75) is 26.2 Å². The first kappa shape index (κ1) is 11.8. The van der Waals surface area contributed by atoms with Gasteiger partial charge < -0.3 is 16.0 Å². The summed E-state index contributed by atoms with van der Waals surface area (Å²) < 4.78 is 0. The fourth-order valence-corrected chi connectivity index (χ4v) is 1.74. The van der Waals surface area contributed by atoms with Crippen LogP contribution in [-0.4, -0.2) is 36.5 Å². The number of hydrogen-bond acceptors (Lipinski definition) is 2. The molecule has 0 saturated carbocycles. The monoisotopic (exact) mass is 213 g/mol. The molecule has 1 atom stereocenters. The van der Waals surface area contributed by atoms with Crippen molar-refractivity contribution >= 4 is 11.9 Å². The molecule has 0 aromatic carbocycles. The van der Waals surface area contributed by atoms with Gasteiger partial charge in [0.15, 0.2) is 0 Å². The van der Waals surface area contributed by atoms with E-state index in [0.29, 0.717) is 13.1 Å². The summed E-state index contributed by atoms with van der Waals surface area (Å²) in [6.07, 6.45) is 2.57. The van der Waals surface area contributed by atoms with Gasteiger partial charge in [-0.05, 0) is 19.3 Å². The smallest absolute Gasteiger partial charge is 0.317 e. The van der Waals surface area contributed by atoms with Gasteiger partial charge in [0.2, 0.25) is 5.91 Å². The number of likely N-dealkylation sites (tertiary alicyclic amines) is 1. The van der Waals surface area contributed by atoms with Gasteiger partial charge in [0.1, 0.15) is 0 Å². The highest BCUT2D eigenvalue weighted by molar-refractivity contribution is 5.79. The Labute approximate surface area is 90.0 Å². The van der Waals surface area contributed by atoms with Crippen molar-refractivity contribution < 1.29 is 9.59 Å². The fraction of sp³-hybridized carbons (Fsp3) is 0.800. The molecule has 0 spiro atoms. The Bertz CT molecular complexity index is 243. The van der Waals surface area contributed by atoms with Gasteiger partial charge in [-0.2, -0.15) is 0 Å². The minimum absolute atomic E-state index is 0.0807. The van der Waals surface area contributed by atoms with E-state index in [1.165, 1.54) is 0 Å². The molecule has 86 valence electrons. The third-order valence-electron chi connectivity index (χ3n) is 2.64. The largest absolute Gasteiger partial charge is 0.369 e. The van der Waals surface area contributed by atoms with Crippen molar-refractivity contribution in [3.05, 3.63) is 0 Å². The van der Waals surface area contributed by atoms with Crippen molar-refractivity contribution in [1.29, 1.82) is 0 Å². The average Bonchev–Trinajstić information content (AvgIpc) is 2.26. The Morgan fingerprint density at radius 3 is 2.87 bits per heavy atom. The predicted octanol–water partition coefficient (Wildman–Crippen LogP) is 0.303. The molecule has 3 N–H and O–H groups in total. The van der Waals surface area contributed by atoms with Crippen LogP contribution < -0.4 is 11.1 Å². The highest BCUT2D eigenvalue weighted by Gasteiger charge is 2.26. The molecule has 1 heterocycles. The van der Waals surface area contributed by atoms with E-state index in [0.717, 1.165) is 25.8 Å². The summed E-state index contributed by atoms with van der Waals surface area (Å²) in [5.41, 5.74) is 5.23. The van der Waals surface area contributed by atoms with Crippen LogP contribution in [0.4, 0.5) is 4.79 Å². The van der Waals surface area contributed by atoms with E-state index in [4.69, 9.17) is 5.73 Å². The summed E-state index contributed by atoms with van der Waals surface area (Å²) >= 11 is 0. The molecule has 0 bridgehead atoms. The molecule has 0 aromatic rings. The van der Waals surface area contributed by atoms with Crippen LogP contribution >= 0.6 is 0 Å². The fourth-order valence-electron chi connectivity index (χ4n) is 1.74. The van der Waals surface area contributed by atoms with Gasteiger partial charge in [0, 0.05) is 19.6 Å². The van der Waals surface area contributed by atoms with Gasteiger partial charge in [-0.25, -0.2) is 4.79 Å². The Morgan fingerprint density at radius 1 is 1.53 bits per heavy atom. The number of urea groups is 1. The molecule has 3 amide bonds. The van der Waals surface area contributed by atoms with Crippen LogP contribution in [0.3, 0.4) is 0 Å². The molecule has 1 aliphatic heterocycles. The molecule has 0 unspecified atom stereocenters. The maximum atomic E-state index is 11.6. The Hall–Kier alpha value is -1.26. The molecular weight excluding hydrogens is 194 g/mol. The number of piperidine rings is 1. The van der Waals surface area contributed by atoms with E-state index in [1.54, 1.807) is 4.90 Å². The highest BCUT2D eigenvalue weighted by Crippen LogP contribution is 2.15. The lowest BCUT2D eigenvalue weighted by atomic mass is 9.98. The first-order chi connectivity index (χ1) is 7.15. The first-order valence-corrected chi connectivity index (χ1v) is 5.47. The van der Waals surface area contributed by atoms with Crippen LogP contribution in [0.2, 0.25) is 0 Å². The number of carbonyl (C=O) groups is 2. The van der Waals surface area contributed by atoms with Crippen molar-refractivity contribution in [3.8, 4) is 0 Å². The SMILES string of the molecule is CCCNC(=O)N1CCC[C@H](C(N)=O)C1. The molecule has 1 aliphatic rings. The molecule has 0 aliphatic carbocycles. The number of carbonyl (C=O) groups excluding carboxylic acids is 2. The van der Waals surface area contributed by atoms with Crippen molar-refractivity contribution in [2.24, 2.45) is 11.7 Å². The van der Waals surface area contributed by atoms with Crippen LogP contribution in [0, 0.1) is 5.92 Å². The molecule has 0 radical (unpaired) electrons. The lowest BCUT2D eigenvalue weighted by Crippen LogP contribution is -2.48. The summed E-state index contributed by atoms with van der Waals surface area (Å²) in [5, 5.41) is 2.80. The van der Waals surface area contributed by atoms with E-state index < -0.39 is 0 Å². The van der Waals surface area contributed by atoms with E-state index in [1.807, 2.05) is 6.92 Å². The van der Waals surface area contributed by atoms with Crippen LogP contribution in [0.1, 0.15) is 26.2 Å². The van der Waals surface area contributed by atoms with E-state index in [9.17, 15) is 9.59 Å². The van der Waals surface area contributed by atoms with Gasteiger partial charge in [-0.1, -0.05) is 6.92 Å². The minimum atomic E-state index is -0.303. The molecule has 1 fully saturated rings. The van der Waals surface area contributed by atoms with Gasteiger partial charge in [-0.3, -0.25) is 4.79 Å². The quantitative estimate of drug-likeness (QED) is 0.707. The summed E-state index contributed by atoms with van der Waals surface area (Å²) in [4.78, 5) is 24.3. The van der Waals surface area contributed by atoms with E-state index in [2.05, 4.69) is 5.32 Å².